The third-order valence-electron chi connectivity index (χ3n) is 7.32. The molecule has 0 aliphatic carbocycles. The van der Waals surface area contributed by atoms with Gasteiger partial charge >= 0.3 is 5.97 Å². The number of aryl methyl sites for hydroxylation is 2. The highest BCUT2D eigenvalue weighted by molar-refractivity contribution is 5.88. The number of ether oxygens (including phenoxy) is 1. The zero-order chi connectivity index (χ0) is 21.6. The largest absolute Gasteiger partial charge is 0.478 e. The summed E-state index contributed by atoms with van der Waals surface area (Å²) in [6, 6.07) is 12.1. The van der Waals surface area contributed by atoms with Gasteiger partial charge in [-0.3, -0.25) is 4.90 Å². The summed E-state index contributed by atoms with van der Waals surface area (Å²) in [5, 5.41) is 10.6. The molecule has 3 aromatic rings. The summed E-state index contributed by atoms with van der Waals surface area (Å²) in [5.41, 5.74) is 6.67. The first-order valence-electron chi connectivity index (χ1n) is 11.2. The third-order valence-corrected chi connectivity index (χ3v) is 7.32. The van der Waals surface area contributed by atoms with E-state index >= 15 is 0 Å². The van der Waals surface area contributed by atoms with Gasteiger partial charge < -0.3 is 14.8 Å². The Balaban J connectivity index is 1.50. The van der Waals surface area contributed by atoms with Crippen molar-refractivity contribution in [2.45, 2.75) is 57.7 Å². The molecule has 3 heterocycles. The summed E-state index contributed by atoms with van der Waals surface area (Å²) in [7, 11) is 0. The van der Waals surface area contributed by atoms with E-state index in [-0.39, 0.29) is 11.6 Å². The molecule has 0 radical (unpaired) electrons. The van der Waals surface area contributed by atoms with Gasteiger partial charge in [0.2, 0.25) is 0 Å². The first-order valence-corrected chi connectivity index (χ1v) is 11.2. The molecular weight excluding hydrogens is 388 g/mol. The fraction of sp³-hybridized carbons (Fsp3) is 0.423. The normalized spacial score (nSPS) is 24.3. The Morgan fingerprint density at radius 3 is 2.71 bits per heavy atom. The van der Waals surface area contributed by atoms with E-state index in [4.69, 9.17) is 4.74 Å². The minimum absolute atomic E-state index is 0.0294. The van der Waals surface area contributed by atoms with Crippen molar-refractivity contribution in [3.63, 3.8) is 0 Å². The minimum Gasteiger partial charge on any atom is -0.478 e. The molecule has 0 bridgehead atoms. The number of hydrogen-bond donors (Lipinski definition) is 2. The molecule has 2 aliphatic rings. The van der Waals surface area contributed by atoms with Gasteiger partial charge in [-0.05, 0) is 80.0 Å². The summed E-state index contributed by atoms with van der Waals surface area (Å²) in [6.45, 7) is 7.07. The Hall–Kier alpha value is -2.63. The second-order valence-corrected chi connectivity index (χ2v) is 9.26. The lowest BCUT2D eigenvalue weighted by atomic mass is 9.81. The van der Waals surface area contributed by atoms with E-state index in [9.17, 15) is 9.90 Å². The molecule has 2 aliphatic heterocycles. The lowest BCUT2D eigenvalue weighted by Gasteiger charge is -2.45. The second-order valence-electron chi connectivity index (χ2n) is 9.26. The number of H-pyrrole nitrogens is 1. The number of carboxylic acids is 1. The van der Waals surface area contributed by atoms with Crippen molar-refractivity contribution in [1.82, 2.24) is 9.88 Å². The van der Waals surface area contributed by atoms with Crippen LogP contribution in [0.4, 0.5) is 0 Å². The number of nitrogens with zero attached hydrogens (tertiary/aromatic N) is 1. The summed E-state index contributed by atoms with van der Waals surface area (Å²) >= 11 is 0. The van der Waals surface area contributed by atoms with Gasteiger partial charge in [-0.25, -0.2) is 4.79 Å². The Labute approximate surface area is 183 Å². The van der Waals surface area contributed by atoms with Gasteiger partial charge in [-0.15, -0.1) is 0 Å². The van der Waals surface area contributed by atoms with Crippen molar-refractivity contribution in [3.05, 3.63) is 70.4 Å². The molecular formula is C26H30N2O3. The van der Waals surface area contributed by atoms with Crippen LogP contribution in [0.15, 0.2) is 42.6 Å². The van der Waals surface area contributed by atoms with Gasteiger partial charge in [0.25, 0.3) is 0 Å². The van der Waals surface area contributed by atoms with E-state index in [2.05, 4.69) is 35.9 Å². The van der Waals surface area contributed by atoms with Crippen LogP contribution in [0.1, 0.15) is 64.3 Å². The van der Waals surface area contributed by atoms with Crippen LogP contribution in [0.25, 0.3) is 10.9 Å². The predicted octanol–water partition coefficient (Wildman–Crippen LogP) is 5.37. The van der Waals surface area contributed by atoms with Crippen LogP contribution in [-0.2, 0) is 11.3 Å². The SMILES string of the molecule is Cc1cc(C)c2[nH]ccc2c1CN1CCC2(CCCO2)CC1c1ccc(C(=O)O)cc1. The molecule has 2 atom stereocenters. The average Bonchev–Trinajstić information content (AvgIpc) is 3.42. The number of rotatable bonds is 4. The van der Waals surface area contributed by atoms with Gasteiger partial charge in [0.15, 0.2) is 0 Å². The highest BCUT2D eigenvalue weighted by Gasteiger charge is 2.43. The van der Waals surface area contributed by atoms with Crippen LogP contribution in [-0.4, -0.2) is 39.7 Å². The lowest BCUT2D eigenvalue weighted by molar-refractivity contribution is -0.0675. The maximum atomic E-state index is 11.3. The summed E-state index contributed by atoms with van der Waals surface area (Å²) in [5.74, 6) is -0.882. The van der Waals surface area contributed by atoms with Crippen molar-refractivity contribution >= 4 is 16.9 Å². The Kier molecular flexibility index (Phi) is 5.11. The maximum Gasteiger partial charge on any atom is 0.335 e. The van der Waals surface area contributed by atoms with Gasteiger partial charge in [0, 0.05) is 42.8 Å². The van der Waals surface area contributed by atoms with Crippen LogP contribution in [0.5, 0.6) is 0 Å². The molecule has 5 rings (SSSR count). The first-order chi connectivity index (χ1) is 15.0. The van der Waals surface area contributed by atoms with Crippen LogP contribution < -0.4 is 0 Å². The third kappa shape index (κ3) is 3.66. The minimum atomic E-state index is -0.882. The fourth-order valence-corrected chi connectivity index (χ4v) is 5.62. The standard InChI is InChI=1S/C26H30N2O3/c1-17-14-18(2)24-21(8-11-27-24)22(17)16-28-12-10-26(9-3-13-31-26)15-23(28)19-4-6-20(7-5-19)25(29)30/h4-8,11,14,23,27H,3,9-10,12-13,15-16H2,1-2H3,(H,29,30). The maximum absolute atomic E-state index is 11.3. The average molecular weight is 419 g/mol. The topological polar surface area (TPSA) is 65.6 Å². The number of aromatic amines is 1. The van der Waals surface area contributed by atoms with Crippen molar-refractivity contribution in [1.29, 1.82) is 0 Å². The van der Waals surface area contributed by atoms with Crippen LogP contribution in [0, 0.1) is 13.8 Å². The molecule has 2 saturated heterocycles. The monoisotopic (exact) mass is 418 g/mol. The smallest absolute Gasteiger partial charge is 0.335 e. The number of hydrogen-bond acceptors (Lipinski definition) is 3. The number of fused-ring (bicyclic) bond motifs is 1. The molecule has 2 N–H and O–H groups in total. The number of nitrogens with one attached hydrogen (secondary N) is 1. The summed E-state index contributed by atoms with van der Waals surface area (Å²) in [6.07, 6.45) is 6.29. The molecule has 0 amide bonds. The molecule has 162 valence electrons. The molecule has 2 unspecified atom stereocenters. The Morgan fingerprint density at radius 1 is 1.19 bits per heavy atom. The molecule has 31 heavy (non-hydrogen) atoms. The molecule has 2 fully saturated rings. The van der Waals surface area contributed by atoms with Gasteiger partial charge in [-0.2, -0.15) is 0 Å². The molecule has 5 nitrogen and oxygen atoms in total. The van der Waals surface area contributed by atoms with E-state index in [1.807, 2.05) is 18.3 Å². The summed E-state index contributed by atoms with van der Waals surface area (Å²) < 4.78 is 6.27. The van der Waals surface area contributed by atoms with Crippen LogP contribution in [0.2, 0.25) is 0 Å². The second kappa shape index (κ2) is 7.81. The highest BCUT2D eigenvalue weighted by Crippen LogP contribution is 2.45. The number of aromatic carboxylic acids is 1. The zero-order valence-corrected chi connectivity index (χ0v) is 18.3. The highest BCUT2D eigenvalue weighted by atomic mass is 16.5. The van der Waals surface area contributed by atoms with Gasteiger partial charge in [0.05, 0.1) is 11.2 Å². The van der Waals surface area contributed by atoms with E-state index in [0.717, 1.165) is 45.4 Å². The van der Waals surface area contributed by atoms with Crippen molar-refractivity contribution < 1.29 is 14.6 Å². The number of likely N-dealkylation sites (tertiary alicyclic amines) is 1. The number of piperidine rings is 1. The number of carbonyl (C=O) groups is 1. The van der Waals surface area contributed by atoms with Crippen molar-refractivity contribution in [2.75, 3.05) is 13.2 Å². The molecule has 1 aromatic heterocycles. The van der Waals surface area contributed by atoms with Crippen LogP contribution >= 0.6 is 0 Å². The Bertz CT molecular complexity index is 1110. The molecule has 2 aromatic carbocycles. The summed E-state index contributed by atoms with van der Waals surface area (Å²) in [4.78, 5) is 17.3. The number of benzene rings is 2. The van der Waals surface area contributed by atoms with Crippen molar-refractivity contribution in [2.24, 2.45) is 0 Å². The quantitative estimate of drug-likeness (QED) is 0.598. The van der Waals surface area contributed by atoms with Gasteiger partial charge in [0.1, 0.15) is 0 Å². The van der Waals surface area contributed by atoms with E-state index in [0.29, 0.717) is 5.56 Å². The van der Waals surface area contributed by atoms with Crippen molar-refractivity contribution in [3.8, 4) is 0 Å². The first kappa shape index (κ1) is 20.3. The van der Waals surface area contributed by atoms with Gasteiger partial charge in [-0.1, -0.05) is 18.2 Å². The number of aromatic nitrogens is 1. The van der Waals surface area contributed by atoms with Crippen LogP contribution in [0.3, 0.4) is 0 Å². The fourth-order valence-electron chi connectivity index (χ4n) is 5.62. The van der Waals surface area contributed by atoms with E-state index in [1.165, 1.54) is 33.2 Å². The molecule has 1 spiro atoms. The lowest BCUT2D eigenvalue weighted by Crippen LogP contribution is -2.45. The Morgan fingerprint density at radius 2 is 2.00 bits per heavy atom. The van der Waals surface area contributed by atoms with E-state index in [1.54, 1.807) is 12.1 Å². The van der Waals surface area contributed by atoms with E-state index < -0.39 is 5.97 Å². The number of carboxylic acid groups (broad SMARTS) is 1. The predicted molar refractivity (Wildman–Crippen MR) is 121 cm³/mol. The molecule has 5 heteroatoms. The molecule has 0 saturated carbocycles. The zero-order valence-electron chi connectivity index (χ0n) is 18.3.